The third kappa shape index (κ3) is 6.15. The predicted molar refractivity (Wildman–Crippen MR) is 81.9 cm³/mol. The molecule has 0 aromatic heterocycles. The molecule has 0 spiro atoms. The van der Waals surface area contributed by atoms with E-state index in [0.717, 1.165) is 6.54 Å². The highest BCUT2D eigenvalue weighted by Gasteiger charge is 2.10. The second-order valence-electron chi connectivity index (χ2n) is 5.02. The zero-order valence-electron chi connectivity index (χ0n) is 12.7. The van der Waals surface area contributed by atoms with Crippen molar-refractivity contribution >= 4 is 9.84 Å². The Morgan fingerprint density at radius 3 is 2.71 bits per heavy atom. The van der Waals surface area contributed by atoms with Gasteiger partial charge < -0.3 is 4.74 Å². The molecule has 0 aliphatic rings. The number of benzene rings is 1. The third-order valence-electron chi connectivity index (χ3n) is 3.11. The lowest BCUT2D eigenvalue weighted by Crippen LogP contribution is -2.32. The van der Waals surface area contributed by atoms with Crippen molar-refractivity contribution in [1.29, 1.82) is 5.26 Å². The quantitative estimate of drug-likeness (QED) is 0.734. The molecule has 0 bridgehead atoms. The number of sulfone groups is 1. The van der Waals surface area contributed by atoms with Crippen molar-refractivity contribution in [2.45, 2.75) is 18.7 Å². The molecule has 0 heterocycles. The molecular formula is C15H22N2O3S. The average Bonchev–Trinajstić information content (AvgIpc) is 2.45. The second kappa shape index (κ2) is 8.01. The van der Waals surface area contributed by atoms with Gasteiger partial charge in [0.15, 0.2) is 9.84 Å². The summed E-state index contributed by atoms with van der Waals surface area (Å²) >= 11 is 0. The van der Waals surface area contributed by atoms with Crippen LogP contribution in [-0.4, -0.2) is 45.8 Å². The van der Waals surface area contributed by atoms with E-state index >= 15 is 0 Å². The van der Waals surface area contributed by atoms with Gasteiger partial charge in [0.25, 0.3) is 0 Å². The van der Waals surface area contributed by atoms with Crippen molar-refractivity contribution in [3.05, 3.63) is 24.3 Å². The van der Waals surface area contributed by atoms with Crippen molar-refractivity contribution in [3.63, 3.8) is 0 Å². The Hall–Kier alpha value is -1.58. The lowest BCUT2D eigenvalue weighted by Gasteiger charge is -2.21. The fourth-order valence-corrected chi connectivity index (χ4v) is 2.55. The minimum atomic E-state index is -3.22. The third-order valence-corrected chi connectivity index (χ3v) is 4.22. The molecule has 0 radical (unpaired) electrons. The van der Waals surface area contributed by atoms with Crippen LogP contribution in [0.15, 0.2) is 29.2 Å². The van der Waals surface area contributed by atoms with E-state index in [1.54, 1.807) is 18.2 Å². The summed E-state index contributed by atoms with van der Waals surface area (Å²) < 4.78 is 28.5. The Labute approximate surface area is 127 Å². The Kier molecular flexibility index (Phi) is 6.66. The van der Waals surface area contributed by atoms with Crippen LogP contribution in [0.5, 0.6) is 5.75 Å². The minimum Gasteiger partial charge on any atom is -0.492 e. The van der Waals surface area contributed by atoms with E-state index in [1.807, 2.05) is 13.8 Å². The number of rotatable bonds is 8. The van der Waals surface area contributed by atoms with E-state index in [0.29, 0.717) is 25.4 Å². The summed E-state index contributed by atoms with van der Waals surface area (Å²) in [6.07, 6.45) is 1.17. The molecule has 0 N–H and O–H groups in total. The molecule has 0 fully saturated rings. The van der Waals surface area contributed by atoms with Crippen LogP contribution in [0.25, 0.3) is 0 Å². The van der Waals surface area contributed by atoms with E-state index in [2.05, 4.69) is 11.0 Å². The summed E-state index contributed by atoms with van der Waals surface area (Å²) in [7, 11) is -3.22. The van der Waals surface area contributed by atoms with E-state index in [1.165, 1.54) is 12.3 Å². The summed E-state index contributed by atoms with van der Waals surface area (Å²) in [5, 5.41) is 8.82. The molecule has 1 aromatic carbocycles. The van der Waals surface area contributed by atoms with Gasteiger partial charge in [0.1, 0.15) is 12.4 Å². The van der Waals surface area contributed by atoms with Gasteiger partial charge in [-0.05, 0) is 31.7 Å². The molecule has 21 heavy (non-hydrogen) atoms. The van der Waals surface area contributed by atoms with E-state index in [9.17, 15) is 8.42 Å². The van der Waals surface area contributed by atoms with Crippen LogP contribution in [0.3, 0.4) is 0 Å². The van der Waals surface area contributed by atoms with Gasteiger partial charge in [-0.15, -0.1) is 0 Å². The molecule has 1 aromatic rings. The summed E-state index contributed by atoms with van der Waals surface area (Å²) in [6, 6.07) is 8.70. The zero-order valence-corrected chi connectivity index (χ0v) is 13.6. The fourth-order valence-electron chi connectivity index (χ4n) is 1.89. The maximum atomic E-state index is 11.5. The standard InChI is InChI=1S/C15H22N2O3S/c1-4-17(12-13(2)11-16)8-9-20-14-6-5-7-15(10-14)21(3,18)19/h5-7,10,13H,4,8-9,12H2,1-3H3/t13-/m0/s1. The van der Waals surface area contributed by atoms with E-state index in [-0.39, 0.29) is 10.8 Å². The van der Waals surface area contributed by atoms with Gasteiger partial charge in [-0.3, -0.25) is 4.90 Å². The molecule has 0 saturated heterocycles. The first kappa shape index (κ1) is 17.5. The van der Waals surface area contributed by atoms with Crippen molar-refractivity contribution in [3.8, 4) is 11.8 Å². The number of hydrogen-bond donors (Lipinski definition) is 0. The summed E-state index contributed by atoms with van der Waals surface area (Å²) in [6.45, 7) is 6.64. The van der Waals surface area contributed by atoms with Gasteiger partial charge in [0, 0.05) is 19.3 Å². The van der Waals surface area contributed by atoms with Crippen molar-refractivity contribution in [2.75, 3.05) is 32.5 Å². The van der Waals surface area contributed by atoms with Gasteiger partial charge in [0.05, 0.1) is 16.9 Å². The average molecular weight is 310 g/mol. The Morgan fingerprint density at radius 1 is 1.43 bits per heavy atom. The number of nitriles is 1. The van der Waals surface area contributed by atoms with Gasteiger partial charge in [-0.1, -0.05) is 13.0 Å². The first-order valence-electron chi connectivity index (χ1n) is 6.91. The van der Waals surface area contributed by atoms with Gasteiger partial charge in [-0.2, -0.15) is 5.26 Å². The predicted octanol–water partition coefficient (Wildman–Crippen LogP) is 1.95. The number of nitrogens with zero attached hydrogens (tertiary/aromatic N) is 2. The number of hydrogen-bond acceptors (Lipinski definition) is 5. The van der Waals surface area contributed by atoms with E-state index < -0.39 is 9.84 Å². The monoisotopic (exact) mass is 310 g/mol. The number of ether oxygens (including phenoxy) is 1. The highest BCUT2D eigenvalue weighted by Crippen LogP contribution is 2.17. The van der Waals surface area contributed by atoms with Crippen LogP contribution in [-0.2, 0) is 9.84 Å². The van der Waals surface area contributed by atoms with Gasteiger partial charge in [0.2, 0.25) is 0 Å². The highest BCUT2D eigenvalue weighted by atomic mass is 32.2. The van der Waals surface area contributed by atoms with Gasteiger partial charge >= 0.3 is 0 Å². The summed E-state index contributed by atoms with van der Waals surface area (Å²) in [4.78, 5) is 2.39. The smallest absolute Gasteiger partial charge is 0.175 e. The zero-order chi connectivity index (χ0) is 15.9. The lowest BCUT2D eigenvalue weighted by molar-refractivity contribution is 0.206. The molecule has 1 atom stereocenters. The molecule has 116 valence electrons. The van der Waals surface area contributed by atoms with Crippen LogP contribution in [0.1, 0.15) is 13.8 Å². The Balaban J connectivity index is 2.54. The van der Waals surface area contributed by atoms with Crippen molar-refractivity contribution < 1.29 is 13.2 Å². The van der Waals surface area contributed by atoms with E-state index in [4.69, 9.17) is 10.00 Å². The molecular weight excluding hydrogens is 288 g/mol. The molecule has 0 aliphatic heterocycles. The Bertz CT molecular complexity index is 593. The first-order valence-corrected chi connectivity index (χ1v) is 8.80. The van der Waals surface area contributed by atoms with Crippen molar-refractivity contribution in [2.24, 2.45) is 5.92 Å². The molecule has 0 saturated carbocycles. The minimum absolute atomic E-state index is 0.0153. The first-order chi connectivity index (χ1) is 9.86. The van der Waals surface area contributed by atoms with Gasteiger partial charge in [-0.25, -0.2) is 8.42 Å². The molecule has 0 aliphatic carbocycles. The maximum absolute atomic E-state index is 11.5. The summed E-state index contributed by atoms with van der Waals surface area (Å²) in [5.41, 5.74) is 0. The van der Waals surface area contributed by atoms with Crippen LogP contribution in [0, 0.1) is 17.2 Å². The van der Waals surface area contributed by atoms with Crippen LogP contribution in [0.4, 0.5) is 0 Å². The normalized spacial score (nSPS) is 12.9. The SMILES string of the molecule is CCN(CCOc1cccc(S(C)(=O)=O)c1)C[C@@H](C)C#N. The maximum Gasteiger partial charge on any atom is 0.175 e. The Morgan fingerprint density at radius 2 is 2.14 bits per heavy atom. The topological polar surface area (TPSA) is 70.4 Å². The van der Waals surface area contributed by atoms with Crippen LogP contribution >= 0.6 is 0 Å². The number of likely N-dealkylation sites (N-methyl/N-ethyl adjacent to an activating group) is 1. The molecule has 0 unspecified atom stereocenters. The molecule has 0 amide bonds. The largest absolute Gasteiger partial charge is 0.492 e. The highest BCUT2D eigenvalue weighted by molar-refractivity contribution is 7.90. The second-order valence-corrected chi connectivity index (χ2v) is 7.03. The molecule has 1 rings (SSSR count). The molecule has 6 heteroatoms. The van der Waals surface area contributed by atoms with Crippen molar-refractivity contribution in [1.82, 2.24) is 4.90 Å². The van der Waals surface area contributed by atoms with Crippen LogP contribution in [0.2, 0.25) is 0 Å². The lowest BCUT2D eigenvalue weighted by atomic mass is 10.2. The molecule has 5 nitrogen and oxygen atoms in total. The fraction of sp³-hybridized carbons (Fsp3) is 0.533. The van der Waals surface area contributed by atoms with Crippen LogP contribution < -0.4 is 4.74 Å². The summed E-state index contributed by atoms with van der Waals surface area (Å²) in [5.74, 6) is 0.529.